The molecule has 4 aromatic rings. The van der Waals surface area contributed by atoms with Crippen LogP contribution in [-0.2, 0) is 0 Å². The van der Waals surface area contributed by atoms with Crippen molar-refractivity contribution < 1.29 is 9.21 Å². The lowest BCUT2D eigenvalue weighted by atomic mass is 10.1. The van der Waals surface area contributed by atoms with E-state index in [1.165, 1.54) is 5.56 Å². The van der Waals surface area contributed by atoms with Crippen molar-refractivity contribution in [2.24, 2.45) is 0 Å². The first-order valence-corrected chi connectivity index (χ1v) is 8.08. The van der Waals surface area contributed by atoms with E-state index in [0.29, 0.717) is 0 Å². The van der Waals surface area contributed by atoms with Gasteiger partial charge in [0.15, 0.2) is 5.78 Å². The molecule has 0 atom stereocenters. The molecule has 24 heavy (non-hydrogen) atoms. The van der Waals surface area contributed by atoms with Gasteiger partial charge in [-0.15, -0.1) is 0 Å². The number of benzene rings is 2. The summed E-state index contributed by atoms with van der Waals surface area (Å²) in [4.78, 5) is 12.3. The molecule has 0 saturated heterocycles. The normalized spacial score (nSPS) is 11.5. The second-order valence-electron chi connectivity index (χ2n) is 6.47. The van der Waals surface area contributed by atoms with E-state index in [9.17, 15) is 4.79 Å². The van der Waals surface area contributed by atoms with Crippen molar-refractivity contribution in [2.45, 2.75) is 27.7 Å². The number of carbonyl (C=O) groups excluding carboxylic acids is 1. The largest absolute Gasteiger partial charge is 0.464 e. The summed E-state index contributed by atoms with van der Waals surface area (Å²) in [6.07, 6.45) is 1.76. The number of Topliss-reactive ketones (excluding diaryl/α,β-unsaturated/α-hetero) is 1. The summed E-state index contributed by atoms with van der Waals surface area (Å²) in [6, 6.07) is 12.5. The van der Waals surface area contributed by atoms with E-state index in [1.54, 1.807) is 13.2 Å². The lowest BCUT2D eigenvalue weighted by molar-refractivity contribution is 0.101. The molecular weight excluding hydrogens is 298 g/mol. The van der Waals surface area contributed by atoms with Gasteiger partial charge in [-0.05, 0) is 57.5 Å². The monoisotopic (exact) mass is 317 g/mol. The van der Waals surface area contributed by atoms with E-state index in [0.717, 1.165) is 44.4 Å². The van der Waals surface area contributed by atoms with Crippen LogP contribution < -0.4 is 0 Å². The standard InChI is InChI=1S/C21H19NO2/c1-12-5-7-16(8-6-12)22-14(3)21(15(4)23)18-10-20-17(9-19(18)22)13(2)11-24-20/h5-11H,1-4H3. The van der Waals surface area contributed by atoms with Crippen LogP contribution in [0.1, 0.15) is 34.1 Å². The van der Waals surface area contributed by atoms with Gasteiger partial charge >= 0.3 is 0 Å². The van der Waals surface area contributed by atoms with Crippen molar-refractivity contribution in [1.82, 2.24) is 4.57 Å². The van der Waals surface area contributed by atoms with E-state index in [4.69, 9.17) is 4.42 Å². The fraction of sp³-hybridized carbons (Fsp3) is 0.190. The summed E-state index contributed by atoms with van der Waals surface area (Å²) in [5.74, 6) is 0.0750. The average molecular weight is 317 g/mol. The third-order valence-corrected chi connectivity index (χ3v) is 4.74. The number of fused-ring (bicyclic) bond motifs is 2. The van der Waals surface area contributed by atoms with E-state index >= 15 is 0 Å². The second kappa shape index (κ2) is 5.10. The fourth-order valence-corrected chi connectivity index (χ4v) is 3.53. The van der Waals surface area contributed by atoms with Crippen LogP contribution in [0.15, 0.2) is 47.1 Å². The van der Waals surface area contributed by atoms with Gasteiger partial charge in [0.25, 0.3) is 0 Å². The molecule has 2 aromatic carbocycles. The van der Waals surface area contributed by atoms with Gasteiger partial charge in [0.05, 0.1) is 11.8 Å². The van der Waals surface area contributed by atoms with Crippen LogP contribution in [0.5, 0.6) is 0 Å². The highest BCUT2D eigenvalue weighted by Crippen LogP contribution is 2.34. The van der Waals surface area contributed by atoms with Crippen molar-refractivity contribution in [2.75, 3.05) is 0 Å². The second-order valence-corrected chi connectivity index (χ2v) is 6.47. The predicted molar refractivity (Wildman–Crippen MR) is 97.3 cm³/mol. The Balaban J connectivity index is 2.16. The minimum atomic E-state index is 0.0750. The number of hydrogen-bond acceptors (Lipinski definition) is 2. The van der Waals surface area contributed by atoms with Gasteiger partial charge in [0.1, 0.15) is 5.58 Å². The number of furan rings is 1. The molecule has 0 aliphatic rings. The zero-order chi connectivity index (χ0) is 17.0. The fourth-order valence-electron chi connectivity index (χ4n) is 3.53. The van der Waals surface area contributed by atoms with E-state index < -0.39 is 0 Å². The van der Waals surface area contributed by atoms with Gasteiger partial charge in [-0.1, -0.05) is 17.7 Å². The van der Waals surface area contributed by atoms with Gasteiger partial charge in [0, 0.05) is 27.7 Å². The molecule has 0 saturated carbocycles. The first-order valence-electron chi connectivity index (χ1n) is 8.08. The van der Waals surface area contributed by atoms with Crippen molar-refractivity contribution in [3.05, 3.63) is 65.0 Å². The number of aromatic nitrogens is 1. The molecule has 3 nitrogen and oxygen atoms in total. The van der Waals surface area contributed by atoms with Gasteiger partial charge < -0.3 is 8.98 Å². The topological polar surface area (TPSA) is 35.1 Å². The zero-order valence-corrected chi connectivity index (χ0v) is 14.3. The summed E-state index contributed by atoms with van der Waals surface area (Å²) in [6.45, 7) is 7.74. The van der Waals surface area contributed by atoms with E-state index in [2.05, 4.69) is 41.8 Å². The molecule has 2 aromatic heterocycles. The molecule has 0 fully saturated rings. The highest BCUT2D eigenvalue weighted by Gasteiger charge is 2.20. The number of carbonyl (C=O) groups is 1. The first-order chi connectivity index (χ1) is 11.5. The molecule has 0 radical (unpaired) electrons. The Kier molecular flexibility index (Phi) is 3.14. The maximum Gasteiger partial charge on any atom is 0.162 e. The van der Waals surface area contributed by atoms with Crippen LogP contribution in [0.2, 0.25) is 0 Å². The minimum Gasteiger partial charge on any atom is -0.464 e. The first kappa shape index (κ1) is 14.8. The summed E-state index contributed by atoms with van der Waals surface area (Å²) in [5, 5.41) is 2.03. The number of aryl methyl sites for hydroxylation is 2. The predicted octanol–water partition coefficient (Wildman–Crippen LogP) is 5.50. The lowest BCUT2D eigenvalue weighted by Gasteiger charge is -2.09. The molecule has 0 bridgehead atoms. The molecule has 0 spiro atoms. The number of ketones is 1. The molecule has 0 amide bonds. The SMILES string of the molecule is CC(=O)c1c(C)n(-c2ccc(C)cc2)c2cc3c(C)coc3cc12. The summed E-state index contributed by atoms with van der Waals surface area (Å²) in [5.41, 5.74) is 6.98. The molecule has 3 heteroatoms. The Labute approximate surface area is 140 Å². The Hall–Kier alpha value is -2.81. The quantitative estimate of drug-likeness (QED) is 0.457. The summed E-state index contributed by atoms with van der Waals surface area (Å²) < 4.78 is 7.81. The molecule has 2 heterocycles. The van der Waals surface area contributed by atoms with Crippen LogP contribution >= 0.6 is 0 Å². The van der Waals surface area contributed by atoms with Crippen molar-refractivity contribution in [3.8, 4) is 5.69 Å². The molecule has 0 aliphatic carbocycles. The number of hydrogen-bond donors (Lipinski definition) is 0. The number of rotatable bonds is 2. The zero-order valence-electron chi connectivity index (χ0n) is 14.3. The Bertz CT molecular complexity index is 1090. The van der Waals surface area contributed by atoms with Crippen molar-refractivity contribution in [3.63, 3.8) is 0 Å². The molecule has 0 N–H and O–H groups in total. The third kappa shape index (κ3) is 2.01. The molecule has 120 valence electrons. The average Bonchev–Trinajstić information content (AvgIpc) is 3.03. The van der Waals surface area contributed by atoms with E-state index in [-0.39, 0.29) is 5.78 Å². The molecule has 0 aliphatic heterocycles. The van der Waals surface area contributed by atoms with Crippen molar-refractivity contribution >= 4 is 27.7 Å². The number of nitrogens with zero attached hydrogens (tertiary/aromatic N) is 1. The van der Waals surface area contributed by atoms with Crippen LogP contribution in [0, 0.1) is 20.8 Å². The molecule has 4 rings (SSSR count). The Morgan fingerprint density at radius 1 is 1.00 bits per heavy atom. The smallest absolute Gasteiger partial charge is 0.162 e. The highest BCUT2D eigenvalue weighted by atomic mass is 16.3. The lowest BCUT2D eigenvalue weighted by Crippen LogP contribution is -1.99. The van der Waals surface area contributed by atoms with Gasteiger partial charge in [-0.2, -0.15) is 0 Å². The highest BCUT2D eigenvalue weighted by molar-refractivity contribution is 6.11. The van der Waals surface area contributed by atoms with Crippen LogP contribution in [0.25, 0.3) is 27.6 Å². The van der Waals surface area contributed by atoms with Crippen LogP contribution in [0.3, 0.4) is 0 Å². The van der Waals surface area contributed by atoms with Gasteiger partial charge in [-0.25, -0.2) is 0 Å². The minimum absolute atomic E-state index is 0.0750. The summed E-state index contributed by atoms with van der Waals surface area (Å²) >= 11 is 0. The van der Waals surface area contributed by atoms with Crippen LogP contribution in [-0.4, -0.2) is 10.4 Å². The van der Waals surface area contributed by atoms with E-state index in [1.807, 2.05) is 19.9 Å². The van der Waals surface area contributed by atoms with Crippen LogP contribution in [0.4, 0.5) is 0 Å². The Morgan fingerprint density at radius 2 is 1.71 bits per heavy atom. The summed E-state index contributed by atoms with van der Waals surface area (Å²) in [7, 11) is 0. The van der Waals surface area contributed by atoms with Gasteiger partial charge in [-0.3, -0.25) is 4.79 Å². The Morgan fingerprint density at radius 3 is 2.38 bits per heavy atom. The third-order valence-electron chi connectivity index (χ3n) is 4.74. The molecule has 0 unspecified atom stereocenters. The van der Waals surface area contributed by atoms with Crippen molar-refractivity contribution in [1.29, 1.82) is 0 Å². The maximum absolute atomic E-state index is 12.3. The van der Waals surface area contributed by atoms with Gasteiger partial charge in [0.2, 0.25) is 0 Å². The molecular formula is C21H19NO2. The maximum atomic E-state index is 12.3.